The third-order valence-corrected chi connectivity index (χ3v) is 5.13. The number of nitriles is 1. The number of carbonyl (C=O) groups is 1. The summed E-state index contributed by atoms with van der Waals surface area (Å²) in [6.45, 7) is 0. The summed E-state index contributed by atoms with van der Waals surface area (Å²) >= 11 is 1.31. The van der Waals surface area contributed by atoms with Gasteiger partial charge in [0, 0.05) is 7.05 Å². The van der Waals surface area contributed by atoms with E-state index in [2.05, 4.69) is 4.98 Å². The first kappa shape index (κ1) is 15.3. The van der Waals surface area contributed by atoms with Gasteiger partial charge in [0.15, 0.2) is 17.3 Å². The van der Waals surface area contributed by atoms with E-state index in [-0.39, 0.29) is 11.1 Å². The molecular formula is C18H11N3O3S. The molecule has 25 heavy (non-hydrogen) atoms. The first-order chi connectivity index (χ1) is 12.1. The van der Waals surface area contributed by atoms with Gasteiger partial charge in [-0.2, -0.15) is 5.26 Å². The number of hydrogen-bond acceptors (Lipinski definition) is 6. The highest BCUT2D eigenvalue weighted by Crippen LogP contribution is 2.31. The highest BCUT2D eigenvalue weighted by Gasteiger charge is 2.28. The van der Waals surface area contributed by atoms with Gasteiger partial charge < -0.3 is 4.42 Å². The molecule has 2 aromatic heterocycles. The van der Waals surface area contributed by atoms with Crippen LogP contribution in [0.4, 0.5) is 0 Å². The lowest BCUT2D eigenvalue weighted by Gasteiger charge is -2.05. The van der Waals surface area contributed by atoms with Crippen LogP contribution in [0.1, 0.15) is 21.3 Å². The Morgan fingerprint density at radius 3 is 2.84 bits per heavy atom. The number of Topliss-reactive ketones (excluding diaryl/α,β-unsaturated/α-hetero) is 1. The van der Waals surface area contributed by atoms with E-state index in [0.717, 1.165) is 10.2 Å². The van der Waals surface area contributed by atoms with Crippen molar-refractivity contribution in [2.75, 3.05) is 0 Å². The van der Waals surface area contributed by atoms with E-state index < -0.39 is 17.5 Å². The number of nitrogens with zero attached hydrogens (tertiary/aromatic N) is 3. The van der Waals surface area contributed by atoms with Crippen molar-refractivity contribution in [3.05, 3.63) is 63.6 Å². The average Bonchev–Trinajstić information content (AvgIpc) is 3.17. The third kappa shape index (κ3) is 2.35. The van der Waals surface area contributed by atoms with Crippen molar-refractivity contribution < 1.29 is 9.21 Å². The van der Waals surface area contributed by atoms with E-state index in [0.29, 0.717) is 10.5 Å². The number of aromatic nitrogens is 2. The molecule has 0 aliphatic carbocycles. The SMILES string of the molecule is Cn1c(=O)oc2c(C(=O)[C@@H](C#N)c3nc4ccccc4s3)cccc21. The number of carbonyl (C=O) groups excluding carboxylic acids is 1. The van der Waals surface area contributed by atoms with E-state index in [1.54, 1.807) is 25.2 Å². The Bertz CT molecular complexity index is 1190. The largest absolute Gasteiger partial charge is 0.419 e. The fraction of sp³-hybridized carbons (Fsp3) is 0.111. The second kappa shape index (κ2) is 5.69. The number of ketones is 1. The molecule has 4 aromatic rings. The van der Waals surface area contributed by atoms with Crippen LogP contribution in [0, 0.1) is 11.3 Å². The fourth-order valence-corrected chi connectivity index (χ4v) is 3.75. The van der Waals surface area contributed by atoms with E-state index in [4.69, 9.17) is 4.42 Å². The molecule has 1 atom stereocenters. The summed E-state index contributed by atoms with van der Waals surface area (Å²) in [5.41, 5.74) is 1.67. The standard InChI is InChI=1S/C18H11N3O3S/c1-21-13-7-4-5-10(16(13)24-18(21)23)15(22)11(9-19)17-20-12-6-2-3-8-14(12)25-17/h2-8,11H,1H3/t11-/m1/s1. The number of hydrogen-bond donors (Lipinski definition) is 0. The van der Waals surface area contributed by atoms with Crippen molar-refractivity contribution in [3.8, 4) is 6.07 Å². The van der Waals surface area contributed by atoms with E-state index in [1.807, 2.05) is 30.3 Å². The predicted octanol–water partition coefficient (Wildman–Crippen LogP) is 3.23. The van der Waals surface area contributed by atoms with Crippen molar-refractivity contribution in [2.45, 2.75) is 5.92 Å². The lowest BCUT2D eigenvalue weighted by atomic mass is 9.98. The molecule has 0 radical (unpaired) electrons. The third-order valence-electron chi connectivity index (χ3n) is 4.03. The van der Waals surface area contributed by atoms with Gasteiger partial charge in [-0.1, -0.05) is 18.2 Å². The summed E-state index contributed by atoms with van der Waals surface area (Å²) in [6.07, 6.45) is 0. The lowest BCUT2D eigenvalue weighted by Crippen LogP contribution is -2.11. The van der Waals surface area contributed by atoms with Crippen LogP contribution in [0.15, 0.2) is 51.7 Å². The van der Waals surface area contributed by atoms with Gasteiger partial charge in [-0.05, 0) is 24.3 Å². The molecule has 122 valence electrons. The van der Waals surface area contributed by atoms with Crippen molar-refractivity contribution >= 4 is 38.4 Å². The summed E-state index contributed by atoms with van der Waals surface area (Å²) in [4.78, 5) is 29.1. The summed E-state index contributed by atoms with van der Waals surface area (Å²) in [5, 5.41) is 10.0. The number of benzene rings is 2. The van der Waals surface area contributed by atoms with E-state index in [1.165, 1.54) is 15.9 Å². The van der Waals surface area contributed by atoms with Crippen LogP contribution in [0.5, 0.6) is 0 Å². The van der Waals surface area contributed by atoms with Crippen LogP contribution < -0.4 is 5.76 Å². The normalized spacial score (nSPS) is 12.3. The van der Waals surface area contributed by atoms with Crippen LogP contribution in [-0.4, -0.2) is 15.3 Å². The number of para-hydroxylation sites is 2. The van der Waals surface area contributed by atoms with Gasteiger partial charge in [-0.3, -0.25) is 9.36 Å². The Labute approximate surface area is 145 Å². The lowest BCUT2D eigenvalue weighted by molar-refractivity contribution is 0.0979. The van der Waals surface area contributed by atoms with Crippen LogP contribution in [-0.2, 0) is 7.05 Å². The zero-order valence-electron chi connectivity index (χ0n) is 13.1. The smallest absolute Gasteiger partial charge is 0.407 e. The molecule has 0 fully saturated rings. The Morgan fingerprint density at radius 2 is 2.08 bits per heavy atom. The van der Waals surface area contributed by atoms with Gasteiger partial charge in [0.2, 0.25) is 0 Å². The molecule has 2 aromatic carbocycles. The summed E-state index contributed by atoms with van der Waals surface area (Å²) in [7, 11) is 1.57. The molecule has 0 aliphatic rings. The maximum absolute atomic E-state index is 13.0. The molecule has 0 amide bonds. The highest BCUT2D eigenvalue weighted by molar-refractivity contribution is 7.18. The Kier molecular flexibility index (Phi) is 3.48. The molecule has 4 rings (SSSR count). The molecule has 0 saturated carbocycles. The number of oxazole rings is 1. The zero-order chi connectivity index (χ0) is 17.6. The second-order valence-corrected chi connectivity index (χ2v) is 6.59. The number of thiazole rings is 1. The average molecular weight is 349 g/mol. The fourth-order valence-electron chi connectivity index (χ4n) is 2.74. The summed E-state index contributed by atoms with van der Waals surface area (Å²) < 4.78 is 7.44. The van der Waals surface area contributed by atoms with Crippen LogP contribution in [0.2, 0.25) is 0 Å². The minimum atomic E-state index is -1.05. The van der Waals surface area contributed by atoms with Crippen molar-refractivity contribution in [1.82, 2.24) is 9.55 Å². The molecular weight excluding hydrogens is 338 g/mol. The molecule has 6 nitrogen and oxygen atoms in total. The summed E-state index contributed by atoms with van der Waals surface area (Å²) in [6, 6.07) is 14.4. The predicted molar refractivity (Wildman–Crippen MR) is 93.8 cm³/mol. The number of fused-ring (bicyclic) bond motifs is 2. The topological polar surface area (TPSA) is 88.9 Å². The maximum Gasteiger partial charge on any atom is 0.419 e. The minimum Gasteiger partial charge on any atom is -0.407 e. The molecule has 0 bridgehead atoms. The Balaban J connectivity index is 1.85. The maximum atomic E-state index is 13.0. The minimum absolute atomic E-state index is 0.196. The van der Waals surface area contributed by atoms with Gasteiger partial charge in [0.05, 0.1) is 27.4 Å². The first-order valence-corrected chi connectivity index (χ1v) is 8.29. The van der Waals surface area contributed by atoms with E-state index in [9.17, 15) is 14.9 Å². The monoisotopic (exact) mass is 349 g/mol. The van der Waals surface area contributed by atoms with Gasteiger partial charge in [-0.15, -0.1) is 11.3 Å². The van der Waals surface area contributed by atoms with E-state index >= 15 is 0 Å². The number of aryl methyl sites for hydroxylation is 1. The van der Waals surface area contributed by atoms with Crippen molar-refractivity contribution in [2.24, 2.45) is 7.05 Å². The van der Waals surface area contributed by atoms with Crippen LogP contribution >= 0.6 is 11.3 Å². The Morgan fingerprint density at radius 1 is 1.28 bits per heavy atom. The second-order valence-electron chi connectivity index (χ2n) is 5.53. The quantitative estimate of drug-likeness (QED) is 0.530. The molecule has 0 saturated heterocycles. The van der Waals surface area contributed by atoms with Crippen molar-refractivity contribution in [3.63, 3.8) is 0 Å². The highest BCUT2D eigenvalue weighted by atomic mass is 32.1. The number of rotatable bonds is 3. The zero-order valence-corrected chi connectivity index (χ0v) is 13.9. The molecule has 2 heterocycles. The molecule has 7 heteroatoms. The van der Waals surface area contributed by atoms with Crippen LogP contribution in [0.25, 0.3) is 21.3 Å². The van der Waals surface area contributed by atoms with Gasteiger partial charge in [0.1, 0.15) is 5.01 Å². The van der Waals surface area contributed by atoms with Crippen LogP contribution in [0.3, 0.4) is 0 Å². The molecule has 0 unspecified atom stereocenters. The first-order valence-electron chi connectivity index (χ1n) is 7.48. The summed E-state index contributed by atoms with van der Waals surface area (Å²) in [5.74, 6) is -2.03. The molecule has 0 aliphatic heterocycles. The van der Waals surface area contributed by atoms with Gasteiger partial charge >= 0.3 is 5.76 Å². The Hall–Kier alpha value is -3.24. The van der Waals surface area contributed by atoms with Gasteiger partial charge in [0.25, 0.3) is 0 Å². The molecule has 0 spiro atoms. The van der Waals surface area contributed by atoms with Gasteiger partial charge in [-0.25, -0.2) is 9.78 Å². The van der Waals surface area contributed by atoms with Crippen molar-refractivity contribution in [1.29, 1.82) is 5.26 Å². The molecule has 0 N–H and O–H groups in total.